The molecule has 2 atom stereocenters. The van der Waals surface area contributed by atoms with Crippen molar-refractivity contribution < 1.29 is 23.5 Å². The number of alkyl carbamates (subject to hydrolysis) is 1. The number of carbonyl (C=O) groups is 2. The lowest BCUT2D eigenvalue weighted by Gasteiger charge is -2.38. The van der Waals surface area contributed by atoms with Gasteiger partial charge in [-0.3, -0.25) is 4.79 Å². The predicted molar refractivity (Wildman–Crippen MR) is 110 cm³/mol. The van der Waals surface area contributed by atoms with Gasteiger partial charge in [-0.05, 0) is 52.4 Å². The molecule has 7 nitrogen and oxygen atoms in total. The molecule has 0 aromatic heterocycles. The van der Waals surface area contributed by atoms with Crippen LogP contribution in [0.5, 0.6) is 0 Å². The summed E-state index contributed by atoms with van der Waals surface area (Å²) < 4.78 is 16.7. The zero-order valence-electron chi connectivity index (χ0n) is 18.6. The lowest BCUT2D eigenvalue weighted by atomic mass is 9.97. The van der Waals surface area contributed by atoms with Crippen molar-refractivity contribution in [1.82, 2.24) is 5.32 Å². The molecular formula is C19H40N2O5Si. The number of amides is 1. The highest BCUT2D eigenvalue weighted by Crippen LogP contribution is 2.36. The second-order valence-electron chi connectivity index (χ2n) is 9.33. The van der Waals surface area contributed by atoms with Crippen molar-refractivity contribution in [3.63, 3.8) is 0 Å². The maximum atomic E-state index is 12.3. The maximum Gasteiger partial charge on any atom is 0.407 e. The molecule has 27 heavy (non-hydrogen) atoms. The molecule has 0 fully saturated rings. The predicted octanol–water partition coefficient (Wildman–Crippen LogP) is 3.43. The molecular weight excluding hydrogens is 364 g/mol. The summed E-state index contributed by atoms with van der Waals surface area (Å²) in [6.45, 7) is 18.7. The lowest BCUT2D eigenvalue weighted by molar-refractivity contribution is -0.144. The molecule has 160 valence electrons. The highest BCUT2D eigenvalue weighted by Gasteiger charge is 2.38. The average molecular weight is 405 g/mol. The minimum atomic E-state index is -2.03. The fraction of sp³-hybridized carbons (Fsp3) is 0.895. The molecule has 0 saturated carbocycles. The van der Waals surface area contributed by atoms with Gasteiger partial charge in [0.2, 0.25) is 0 Å². The van der Waals surface area contributed by atoms with E-state index in [1.165, 1.54) is 0 Å². The Kier molecular flexibility index (Phi) is 10.00. The molecule has 0 spiro atoms. The Balaban J connectivity index is 5.28. The van der Waals surface area contributed by atoms with E-state index in [0.717, 1.165) is 0 Å². The fourth-order valence-corrected chi connectivity index (χ4v) is 3.12. The maximum absolute atomic E-state index is 12.3. The minimum absolute atomic E-state index is 0.0306. The van der Waals surface area contributed by atoms with Crippen LogP contribution in [0.25, 0.3) is 0 Å². The highest BCUT2D eigenvalue weighted by molar-refractivity contribution is 6.74. The van der Waals surface area contributed by atoms with Gasteiger partial charge < -0.3 is 25.0 Å². The van der Waals surface area contributed by atoms with E-state index in [2.05, 4.69) is 39.2 Å². The molecule has 0 saturated heterocycles. The zero-order valence-corrected chi connectivity index (χ0v) is 19.6. The van der Waals surface area contributed by atoms with Crippen LogP contribution in [0.1, 0.15) is 54.9 Å². The van der Waals surface area contributed by atoms with Gasteiger partial charge in [0.25, 0.3) is 0 Å². The molecule has 1 amide bonds. The number of nitrogens with two attached hydrogens (primary N) is 1. The molecule has 0 radical (unpaired) electrons. The summed E-state index contributed by atoms with van der Waals surface area (Å²) in [5, 5.41) is 2.87. The Morgan fingerprint density at radius 2 is 1.67 bits per heavy atom. The van der Waals surface area contributed by atoms with Gasteiger partial charge in [-0.1, -0.05) is 20.8 Å². The minimum Gasteiger partial charge on any atom is -0.466 e. The van der Waals surface area contributed by atoms with Gasteiger partial charge >= 0.3 is 12.1 Å². The molecule has 0 aliphatic rings. The van der Waals surface area contributed by atoms with Crippen LogP contribution in [0, 0.1) is 5.92 Å². The van der Waals surface area contributed by atoms with E-state index >= 15 is 0 Å². The average Bonchev–Trinajstić information content (AvgIpc) is 2.46. The van der Waals surface area contributed by atoms with Crippen LogP contribution in [0.3, 0.4) is 0 Å². The molecule has 1 unspecified atom stereocenters. The van der Waals surface area contributed by atoms with E-state index in [1.54, 1.807) is 27.7 Å². The molecule has 0 bridgehead atoms. The van der Waals surface area contributed by atoms with Gasteiger partial charge in [-0.25, -0.2) is 4.79 Å². The van der Waals surface area contributed by atoms with Crippen LogP contribution >= 0.6 is 0 Å². The molecule has 0 aromatic carbocycles. The van der Waals surface area contributed by atoms with Crippen LogP contribution in [0.2, 0.25) is 18.1 Å². The summed E-state index contributed by atoms with van der Waals surface area (Å²) in [4.78, 5) is 24.2. The standard InChI is InChI=1S/C19H40N2O5Si/c1-10-24-16(22)11-14(12-20)15(21-17(23)26-18(2,3)4)13-25-27(8,9)19(5,6)7/h14-15H,10-13,20H2,1-9H3,(H,21,23)/t14?,15-/m1/s1. The first-order valence-electron chi connectivity index (χ1n) is 9.62. The van der Waals surface area contributed by atoms with E-state index in [9.17, 15) is 9.59 Å². The number of hydrogen-bond acceptors (Lipinski definition) is 6. The van der Waals surface area contributed by atoms with Gasteiger partial charge in [-0.15, -0.1) is 0 Å². The Morgan fingerprint density at radius 1 is 1.11 bits per heavy atom. The van der Waals surface area contributed by atoms with Crippen molar-refractivity contribution in [1.29, 1.82) is 0 Å². The summed E-state index contributed by atoms with van der Waals surface area (Å²) in [5.74, 6) is -0.641. The Morgan fingerprint density at radius 3 is 2.07 bits per heavy atom. The first-order chi connectivity index (χ1) is 12.1. The third-order valence-electron chi connectivity index (χ3n) is 4.74. The number of esters is 1. The molecule has 0 rings (SSSR count). The summed E-state index contributed by atoms with van der Waals surface area (Å²) in [5.41, 5.74) is 5.29. The van der Waals surface area contributed by atoms with Crippen LogP contribution < -0.4 is 11.1 Å². The second-order valence-corrected chi connectivity index (χ2v) is 14.1. The number of carbonyl (C=O) groups excluding carboxylic acids is 2. The Labute approximate surface area is 165 Å². The van der Waals surface area contributed by atoms with E-state index < -0.39 is 26.1 Å². The van der Waals surface area contributed by atoms with Gasteiger partial charge in [-0.2, -0.15) is 0 Å². The zero-order chi connectivity index (χ0) is 21.5. The monoisotopic (exact) mass is 404 g/mol. The van der Waals surface area contributed by atoms with Gasteiger partial charge in [0.1, 0.15) is 5.60 Å². The summed E-state index contributed by atoms with van der Waals surface area (Å²) >= 11 is 0. The number of rotatable bonds is 9. The molecule has 3 N–H and O–H groups in total. The van der Waals surface area contributed by atoms with Crippen LogP contribution in [-0.4, -0.2) is 51.8 Å². The Hall–Kier alpha value is -1.12. The van der Waals surface area contributed by atoms with Crippen molar-refractivity contribution in [3.8, 4) is 0 Å². The van der Waals surface area contributed by atoms with Gasteiger partial charge in [0.05, 0.1) is 25.7 Å². The summed E-state index contributed by atoms with van der Waals surface area (Å²) in [6.07, 6.45) is -0.431. The third-order valence-corrected chi connectivity index (χ3v) is 9.24. The molecule has 0 aliphatic carbocycles. The van der Waals surface area contributed by atoms with Crippen LogP contribution in [0.4, 0.5) is 4.79 Å². The molecule has 0 heterocycles. The second kappa shape index (κ2) is 10.4. The number of nitrogens with one attached hydrogen (secondary N) is 1. The van der Waals surface area contributed by atoms with E-state index in [1.807, 2.05) is 0 Å². The molecule has 0 aromatic rings. The highest BCUT2D eigenvalue weighted by atomic mass is 28.4. The van der Waals surface area contributed by atoms with Crippen molar-refractivity contribution in [2.45, 2.75) is 84.7 Å². The fourth-order valence-electron chi connectivity index (χ4n) is 2.09. The first kappa shape index (κ1) is 25.9. The van der Waals surface area contributed by atoms with Crippen LogP contribution in [0.15, 0.2) is 0 Å². The summed E-state index contributed by atoms with van der Waals surface area (Å²) in [7, 11) is -2.03. The molecule has 8 heteroatoms. The van der Waals surface area contributed by atoms with Crippen molar-refractivity contribution >= 4 is 20.4 Å². The largest absolute Gasteiger partial charge is 0.466 e. The number of hydrogen-bond donors (Lipinski definition) is 2. The van der Waals surface area contributed by atoms with Gasteiger partial charge in [0, 0.05) is 5.92 Å². The lowest BCUT2D eigenvalue weighted by Crippen LogP contribution is -2.51. The topological polar surface area (TPSA) is 99.9 Å². The normalized spacial score (nSPS) is 15.0. The SMILES string of the molecule is CCOC(=O)CC(CN)[C@@H](CO[Si](C)(C)C(C)(C)C)NC(=O)OC(C)(C)C. The van der Waals surface area contributed by atoms with Crippen LogP contribution in [-0.2, 0) is 18.7 Å². The van der Waals surface area contributed by atoms with E-state index in [0.29, 0.717) is 6.61 Å². The third kappa shape index (κ3) is 10.1. The summed E-state index contributed by atoms with van der Waals surface area (Å²) in [6, 6.07) is -0.441. The van der Waals surface area contributed by atoms with Gasteiger partial charge in [0.15, 0.2) is 8.32 Å². The van der Waals surface area contributed by atoms with E-state index in [4.69, 9.17) is 19.6 Å². The van der Waals surface area contributed by atoms with Crippen molar-refractivity contribution in [2.75, 3.05) is 19.8 Å². The van der Waals surface area contributed by atoms with E-state index in [-0.39, 0.29) is 36.5 Å². The van der Waals surface area contributed by atoms with Crippen molar-refractivity contribution in [3.05, 3.63) is 0 Å². The van der Waals surface area contributed by atoms with Crippen molar-refractivity contribution in [2.24, 2.45) is 11.7 Å². The number of ether oxygens (including phenoxy) is 2. The first-order valence-corrected chi connectivity index (χ1v) is 12.5. The Bertz CT molecular complexity index is 483. The quantitative estimate of drug-likeness (QED) is 0.451. The smallest absolute Gasteiger partial charge is 0.407 e. The molecule has 0 aliphatic heterocycles.